The fourth-order valence-corrected chi connectivity index (χ4v) is 5.74. The maximum atomic E-state index is 10.2. The summed E-state index contributed by atoms with van der Waals surface area (Å²) >= 11 is 6.72. The van der Waals surface area contributed by atoms with Crippen molar-refractivity contribution in [2.75, 3.05) is 13.6 Å². The van der Waals surface area contributed by atoms with E-state index in [4.69, 9.17) is 16.3 Å². The van der Waals surface area contributed by atoms with Crippen molar-refractivity contribution in [1.29, 1.82) is 0 Å². The average Bonchev–Trinajstić information content (AvgIpc) is 2.81. The SMILES string of the molecule is CN1CC[C@]23c4c5ccc(O)c4O[C@@H]2C=C[C@H](Cl)[C@H]3[C@H]1C5. The summed E-state index contributed by atoms with van der Waals surface area (Å²) in [5.74, 6) is 1.34. The Hall–Kier alpha value is -1.19. The van der Waals surface area contributed by atoms with E-state index in [1.807, 2.05) is 0 Å². The van der Waals surface area contributed by atoms with Crippen LogP contribution >= 0.6 is 11.6 Å². The fourth-order valence-electron chi connectivity index (χ4n) is 5.26. The molecule has 0 unspecified atom stereocenters. The van der Waals surface area contributed by atoms with E-state index in [-0.39, 0.29) is 22.6 Å². The van der Waals surface area contributed by atoms with Crippen molar-refractivity contribution in [3.63, 3.8) is 0 Å². The number of aromatic hydroxyl groups is 1. The number of ether oxygens (including phenoxy) is 1. The lowest BCUT2D eigenvalue weighted by molar-refractivity contribution is -0.00201. The first-order valence-corrected chi connectivity index (χ1v) is 8.11. The zero-order valence-electron chi connectivity index (χ0n) is 11.9. The maximum absolute atomic E-state index is 10.2. The van der Waals surface area contributed by atoms with E-state index >= 15 is 0 Å². The first-order chi connectivity index (χ1) is 10.1. The van der Waals surface area contributed by atoms with Crippen molar-refractivity contribution in [3.05, 3.63) is 35.4 Å². The molecule has 0 saturated carbocycles. The second-order valence-corrected chi connectivity index (χ2v) is 7.39. The van der Waals surface area contributed by atoms with Crippen molar-refractivity contribution in [1.82, 2.24) is 4.90 Å². The van der Waals surface area contributed by atoms with Crippen LogP contribution in [0.2, 0.25) is 0 Å². The van der Waals surface area contributed by atoms with Crippen LogP contribution in [0.1, 0.15) is 17.5 Å². The first-order valence-electron chi connectivity index (χ1n) is 7.67. The number of phenols is 1. The molecule has 1 saturated heterocycles. The van der Waals surface area contributed by atoms with Gasteiger partial charge in [-0.2, -0.15) is 0 Å². The summed E-state index contributed by atoms with van der Waals surface area (Å²) in [5.41, 5.74) is 2.54. The molecule has 2 aliphatic heterocycles. The van der Waals surface area contributed by atoms with Crippen LogP contribution in [0.4, 0.5) is 0 Å². The van der Waals surface area contributed by atoms with Gasteiger partial charge in [0.25, 0.3) is 0 Å². The Labute approximate surface area is 129 Å². The lowest BCUT2D eigenvalue weighted by Gasteiger charge is -2.57. The number of likely N-dealkylation sites (N-methyl/N-ethyl adjacent to an activating group) is 1. The molecule has 110 valence electrons. The second-order valence-electron chi connectivity index (χ2n) is 6.88. The Balaban J connectivity index is 1.85. The highest BCUT2D eigenvalue weighted by molar-refractivity contribution is 6.22. The molecule has 1 fully saturated rings. The number of piperidine rings is 1. The van der Waals surface area contributed by atoms with Crippen LogP contribution < -0.4 is 4.74 Å². The van der Waals surface area contributed by atoms with Crippen LogP contribution in [0, 0.1) is 5.92 Å². The second kappa shape index (κ2) is 3.76. The van der Waals surface area contributed by atoms with E-state index in [9.17, 15) is 5.11 Å². The van der Waals surface area contributed by atoms with Crippen LogP contribution in [-0.2, 0) is 11.8 Å². The normalized spacial score (nSPS) is 42.6. The molecule has 1 aromatic rings. The number of allylic oxidation sites excluding steroid dienone is 1. The van der Waals surface area contributed by atoms with Gasteiger partial charge in [-0.05, 0) is 44.1 Å². The van der Waals surface area contributed by atoms with E-state index in [0.717, 1.165) is 19.4 Å². The third-order valence-corrected chi connectivity index (χ3v) is 6.55. The molecule has 1 spiro atoms. The zero-order chi connectivity index (χ0) is 14.4. The minimum atomic E-state index is -0.0417. The van der Waals surface area contributed by atoms with E-state index in [1.54, 1.807) is 6.07 Å². The van der Waals surface area contributed by atoms with Gasteiger partial charge in [-0.15, -0.1) is 11.6 Å². The summed E-state index contributed by atoms with van der Waals surface area (Å²) in [5, 5.41) is 10.3. The molecule has 2 bridgehead atoms. The number of hydrogen-bond donors (Lipinski definition) is 1. The minimum Gasteiger partial charge on any atom is -0.504 e. The van der Waals surface area contributed by atoms with Gasteiger partial charge in [-0.3, -0.25) is 0 Å². The summed E-state index contributed by atoms with van der Waals surface area (Å²) in [6, 6.07) is 4.31. The van der Waals surface area contributed by atoms with Crippen LogP contribution in [-0.4, -0.2) is 41.1 Å². The zero-order valence-corrected chi connectivity index (χ0v) is 12.7. The van der Waals surface area contributed by atoms with Gasteiger partial charge in [-0.1, -0.05) is 12.1 Å². The fraction of sp³-hybridized carbons (Fsp3) is 0.529. The summed E-state index contributed by atoms with van der Waals surface area (Å²) in [4.78, 5) is 2.45. The molecule has 4 aliphatic rings. The Bertz CT molecular complexity index is 673. The number of alkyl halides is 1. The largest absolute Gasteiger partial charge is 0.504 e. The summed E-state index contributed by atoms with van der Waals surface area (Å²) in [7, 11) is 2.20. The predicted octanol–water partition coefficient (Wildman–Crippen LogP) is 2.44. The van der Waals surface area contributed by atoms with Gasteiger partial charge >= 0.3 is 0 Å². The van der Waals surface area contributed by atoms with Gasteiger partial charge in [0.15, 0.2) is 11.5 Å². The highest BCUT2D eigenvalue weighted by Crippen LogP contribution is 2.62. The summed E-state index contributed by atoms with van der Waals surface area (Å²) in [6.07, 6.45) is 6.28. The molecule has 0 aromatic heterocycles. The molecule has 21 heavy (non-hydrogen) atoms. The number of phenolic OH excluding ortho intramolecular Hbond substituents is 1. The predicted molar refractivity (Wildman–Crippen MR) is 81.2 cm³/mol. The molecule has 0 amide bonds. The van der Waals surface area contributed by atoms with Crippen molar-refractivity contribution in [2.45, 2.75) is 35.8 Å². The Kier molecular flexibility index (Phi) is 2.22. The number of benzene rings is 1. The third kappa shape index (κ3) is 1.27. The molecule has 1 N–H and O–H groups in total. The molecule has 2 aliphatic carbocycles. The quantitative estimate of drug-likeness (QED) is 0.590. The van der Waals surface area contributed by atoms with Crippen LogP contribution in [0.25, 0.3) is 0 Å². The molecule has 1 aromatic carbocycles. The van der Waals surface area contributed by atoms with Gasteiger partial charge in [-0.25, -0.2) is 0 Å². The van der Waals surface area contributed by atoms with E-state index < -0.39 is 0 Å². The summed E-state index contributed by atoms with van der Waals surface area (Å²) in [6.45, 7) is 1.06. The standard InChI is InChI=1S/C17H18ClNO2/c1-19-7-6-17-13-5-3-10(18)15(17)11(19)8-9-2-4-12(20)16(21-13)14(9)17/h2-5,10-11,13,15,20H,6-8H2,1H3/t10-,11+,13+,15-,17+/m0/s1. The molecule has 4 heteroatoms. The third-order valence-electron chi connectivity index (χ3n) is 6.14. The molecule has 5 atom stereocenters. The number of halogens is 1. The van der Waals surface area contributed by atoms with Crippen LogP contribution in [0.5, 0.6) is 11.5 Å². The Morgan fingerprint density at radius 3 is 3.10 bits per heavy atom. The van der Waals surface area contributed by atoms with Gasteiger partial charge in [0, 0.05) is 22.9 Å². The molecule has 2 heterocycles. The number of rotatable bonds is 0. The Morgan fingerprint density at radius 1 is 1.38 bits per heavy atom. The molecular formula is C17H18ClNO2. The average molecular weight is 304 g/mol. The van der Waals surface area contributed by atoms with Crippen molar-refractivity contribution < 1.29 is 9.84 Å². The van der Waals surface area contributed by atoms with Gasteiger partial charge in [0.1, 0.15) is 6.10 Å². The maximum Gasteiger partial charge on any atom is 0.166 e. The molecular weight excluding hydrogens is 286 g/mol. The highest BCUT2D eigenvalue weighted by Gasteiger charge is 2.64. The smallest absolute Gasteiger partial charge is 0.166 e. The number of nitrogens with zero attached hydrogens (tertiary/aromatic N) is 1. The van der Waals surface area contributed by atoms with Crippen molar-refractivity contribution in [3.8, 4) is 11.5 Å². The van der Waals surface area contributed by atoms with Crippen molar-refractivity contribution >= 4 is 11.6 Å². The highest BCUT2D eigenvalue weighted by atomic mass is 35.5. The van der Waals surface area contributed by atoms with E-state index in [1.165, 1.54) is 11.1 Å². The van der Waals surface area contributed by atoms with Gasteiger partial charge in [0.05, 0.1) is 5.38 Å². The van der Waals surface area contributed by atoms with Crippen LogP contribution in [0.3, 0.4) is 0 Å². The minimum absolute atomic E-state index is 0.0241. The Morgan fingerprint density at radius 2 is 2.24 bits per heavy atom. The first kappa shape index (κ1) is 12.4. The lowest BCUT2D eigenvalue weighted by Crippen LogP contribution is -2.65. The molecule has 3 nitrogen and oxygen atoms in total. The lowest BCUT2D eigenvalue weighted by atomic mass is 9.53. The van der Waals surface area contributed by atoms with Crippen LogP contribution in [0.15, 0.2) is 24.3 Å². The van der Waals surface area contributed by atoms with Gasteiger partial charge < -0.3 is 14.7 Å². The van der Waals surface area contributed by atoms with E-state index in [0.29, 0.717) is 17.7 Å². The van der Waals surface area contributed by atoms with Crippen molar-refractivity contribution in [2.24, 2.45) is 5.92 Å². The number of likely N-dealkylation sites (tertiary alicyclic amines) is 1. The van der Waals surface area contributed by atoms with Gasteiger partial charge in [0.2, 0.25) is 0 Å². The molecule has 5 rings (SSSR count). The summed E-state index contributed by atoms with van der Waals surface area (Å²) < 4.78 is 6.18. The molecule has 0 radical (unpaired) electrons. The monoisotopic (exact) mass is 303 g/mol. The van der Waals surface area contributed by atoms with E-state index in [2.05, 4.69) is 30.2 Å². The topological polar surface area (TPSA) is 32.7 Å². The number of hydrogen-bond acceptors (Lipinski definition) is 3.